The first-order valence-corrected chi connectivity index (χ1v) is 10.5. The number of halogens is 3. The third-order valence-electron chi connectivity index (χ3n) is 4.82. The van der Waals surface area contributed by atoms with E-state index < -0.39 is 17.4 Å². The summed E-state index contributed by atoms with van der Waals surface area (Å²) in [4.78, 5) is 18.4. The van der Waals surface area contributed by atoms with Gasteiger partial charge in [0.15, 0.2) is 0 Å². The van der Waals surface area contributed by atoms with Gasteiger partial charge in [0.05, 0.1) is 12.7 Å². The van der Waals surface area contributed by atoms with Crippen molar-refractivity contribution >= 4 is 11.8 Å². The Kier molecular flexibility index (Phi) is 6.80. The molecule has 0 aliphatic rings. The SMILES string of the molecule is COc1ccc(-c2cc(C)[nH]c(=O)c2C#N)cc1CSc1nc(C(F)(F)F)cc(C)c1C#N. The van der Waals surface area contributed by atoms with Gasteiger partial charge in [0.1, 0.15) is 34.2 Å². The maximum Gasteiger partial charge on any atom is 0.433 e. The minimum absolute atomic E-state index is 0.0398. The highest BCUT2D eigenvalue weighted by atomic mass is 32.2. The van der Waals surface area contributed by atoms with Crippen LogP contribution < -0.4 is 10.3 Å². The van der Waals surface area contributed by atoms with Gasteiger partial charge in [-0.2, -0.15) is 23.7 Å². The van der Waals surface area contributed by atoms with Gasteiger partial charge >= 0.3 is 6.18 Å². The van der Waals surface area contributed by atoms with Crippen molar-refractivity contribution < 1.29 is 17.9 Å². The highest BCUT2D eigenvalue weighted by Gasteiger charge is 2.34. The first-order chi connectivity index (χ1) is 15.6. The summed E-state index contributed by atoms with van der Waals surface area (Å²) in [6.07, 6.45) is -4.64. The lowest BCUT2D eigenvalue weighted by Gasteiger charge is -2.14. The Morgan fingerprint density at radius 2 is 1.82 bits per heavy atom. The molecule has 0 saturated heterocycles. The van der Waals surface area contributed by atoms with Crippen LogP contribution in [-0.2, 0) is 11.9 Å². The minimum Gasteiger partial charge on any atom is -0.496 e. The lowest BCUT2D eigenvalue weighted by Crippen LogP contribution is -2.12. The predicted octanol–water partition coefficient (Wildman–Crippen LogP) is 5.12. The molecule has 6 nitrogen and oxygen atoms in total. The Labute approximate surface area is 191 Å². The van der Waals surface area contributed by atoms with Gasteiger partial charge in [-0.15, -0.1) is 11.8 Å². The smallest absolute Gasteiger partial charge is 0.433 e. The Balaban J connectivity index is 2.05. The molecule has 0 fully saturated rings. The average Bonchev–Trinajstić information content (AvgIpc) is 2.76. The van der Waals surface area contributed by atoms with Gasteiger partial charge in [0.2, 0.25) is 0 Å². The number of thioether (sulfide) groups is 1. The lowest BCUT2D eigenvalue weighted by molar-refractivity contribution is -0.141. The number of ether oxygens (including phenoxy) is 1. The van der Waals surface area contributed by atoms with Crippen LogP contribution in [-0.4, -0.2) is 17.1 Å². The maximum atomic E-state index is 13.2. The quantitative estimate of drug-likeness (QED) is 0.520. The molecule has 0 atom stereocenters. The number of aromatic nitrogens is 2. The number of nitriles is 2. The second kappa shape index (κ2) is 9.39. The number of pyridine rings is 2. The van der Waals surface area contributed by atoms with Gasteiger partial charge < -0.3 is 9.72 Å². The van der Waals surface area contributed by atoms with Gasteiger partial charge in [0, 0.05) is 22.6 Å². The monoisotopic (exact) mass is 470 g/mol. The average molecular weight is 470 g/mol. The number of benzene rings is 1. The van der Waals surface area contributed by atoms with Crippen molar-refractivity contribution in [1.82, 2.24) is 9.97 Å². The normalized spacial score (nSPS) is 11.0. The first kappa shape index (κ1) is 23.9. The summed E-state index contributed by atoms with van der Waals surface area (Å²) in [5.74, 6) is 0.609. The molecule has 0 radical (unpaired) electrons. The van der Waals surface area contributed by atoms with E-state index in [4.69, 9.17) is 4.74 Å². The van der Waals surface area contributed by atoms with E-state index in [2.05, 4.69) is 9.97 Å². The Morgan fingerprint density at radius 3 is 2.42 bits per heavy atom. The summed E-state index contributed by atoms with van der Waals surface area (Å²) in [5, 5.41) is 18.8. The zero-order valence-electron chi connectivity index (χ0n) is 17.8. The zero-order valence-corrected chi connectivity index (χ0v) is 18.6. The molecule has 10 heteroatoms. The molecule has 168 valence electrons. The fraction of sp³-hybridized carbons (Fsp3) is 0.217. The molecule has 0 aliphatic heterocycles. The Bertz CT molecular complexity index is 1370. The van der Waals surface area contributed by atoms with Crippen LogP contribution in [0, 0.1) is 36.5 Å². The number of alkyl halides is 3. The number of aromatic amines is 1. The van der Waals surface area contributed by atoms with E-state index >= 15 is 0 Å². The van der Waals surface area contributed by atoms with Crippen LogP contribution in [0.3, 0.4) is 0 Å². The second-order valence-corrected chi connectivity index (χ2v) is 8.08. The predicted molar refractivity (Wildman–Crippen MR) is 117 cm³/mol. The summed E-state index contributed by atoms with van der Waals surface area (Å²) in [5.41, 5.74) is 0.795. The molecule has 0 unspecified atom stereocenters. The van der Waals surface area contributed by atoms with Gasteiger partial charge in [-0.1, -0.05) is 6.07 Å². The number of methoxy groups -OCH3 is 1. The Hall–Kier alpha value is -3.76. The summed E-state index contributed by atoms with van der Waals surface area (Å²) < 4.78 is 45.0. The van der Waals surface area contributed by atoms with E-state index in [1.165, 1.54) is 14.0 Å². The molecule has 1 N–H and O–H groups in total. The van der Waals surface area contributed by atoms with E-state index in [0.29, 0.717) is 28.1 Å². The van der Waals surface area contributed by atoms with Crippen LogP contribution >= 0.6 is 11.8 Å². The number of nitrogens with zero attached hydrogens (tertiary/aromatic N) is 3. The van der Waals surface area contributed by atoms with Gasteiger partial charge in [-0.05, 0) is 49.2 Å². The van der Waals surface area contributed by atoms with Crippen molar-refractivity contribution in [2.45, 2.75) is 30.8 Å². The van der Waals surface area contributed by atoms with Gasteiger partial charge in [-0.25, -0.2) is 4.98 Å². The zero-order chi connectivity index (χ0) is 24.3. The van der Waals surface area contributed by atoms with Crippen LogP contribution in [0.1, 0.15) is 33.6 Å². The summed E-state index contributed by atoms with van der Waals surface area (Å²) in [6.45, 7) is 3.12. The van der Waals surface area contributed by atoms with Crippen molar-refractivity contribution in [3.8, 4) is 29.0 Å². The van der Waals surface area contributed by atoms with Gasteiger partial charge in [0.25, 0.3) is 5.56 Å². The van der Waals surface area contributed by atoms with Crippen molar-refractivity contribution in [2.24, 2.45) is 0 Å². The second-order valence-electron chi connectivity index (χ2n) is 7.11. The molecule has 33 heavy (non-hydrogen) atoms. The topological polar surface area (TPSA) is 103 Å². The number of aryl methyl sites for hydroxylation is 2. The fourth-order valence-corrected chi connectivity index (χ4v) is 4.29. The molecule has 3 aromatic rings. The molecule has 0 bridgehead atoms. The van der Waals surface area contributed by atoms with E-state index in [-0.39, 0.29) is 27.5 Å². The number of nitrogens with one attached hydrogen (secondary N) is 1. The standard InChI is InChI=1S/C23H17F3N4O2S/c1-12-6-20(23(24,25)26)30-22(17(12)9-27)33-11-15-8-14(4-5-19(15)32-3)16-7-13(2)29-21(31)18(16)10-28/h4-8H,11H2,1-3H3,(H,29,31). The van der Waals surface area contributed by atoms with E-state index in [1.54, 1.807) is 31.2 Å². The largest absolute Gasteiger partial charge is 0.496 e. The third kappa shape index (κ3) is 5.02. The van der Waals surface area contributed by atoms with E-state index in [9.17, 15) is 28.5 Å². The fourth-order valence-electron chi connectivity index (χ4n) is 3.26. The van der Waals surface area contributed by atoms with Crippen LogP contribution in [0.4, 0.5) is 13.2 Å². The van der Waals surface area contributed by atoms with E-state index in [1.807, 2.05) is 12.1 Å². The molecular formula is C23H17F3N4O2S. The molecule has 0 amide bonds. The summed E-state index contributed by atoms with van der Waals surface area (Å²) in [7, 11) is 1.45. The molecule has 2 aromatic heterocycles. The lowest BCUT2D eigenvalue weighted by atomic mass is 9.99. The van der Waals surface area contributed by atoms with Crippen LogP contribution in [0.2, 0.25) is 0 Å². The third-order valence-corrected chi connectivity index (χ3v) is 5.85. The van der Waals surface area contributed by atoms with Crippen molar-refractivity contribution in [2.75, 3.05) is 7.11 Å². The first-order valence-electron chi connectivity index (χ1n) is 9.52. The van der Waals surface area contributed by atoms with Crippen LogP contribution in [0.15, 0.2) is 40.2 Å². The molecule has 0 saturated carbocycles. The maximum absolute atomic E-state index is 13.2. The molecule has 2 heterocycles. The van der Waals surface area contributed by atoms with E-state index in [0.717, 1.165) is 17.8 Å². The Morgan fingerprint density at radius 1 is 1.12 bits per heavy atom. The molecule has 0 aliphatic carbocycles. The molecular weight excluding hydrogens is 453 g/mol. The molecule has 0 spiro atoms. The highest BCUT2D eigenvalue weighted by molar-refractivity contribution is 7.98. The van der Waals surface area contributed by atoms with Crippen molar-refractivity contribution in [3.63, 3.8) is 0 Å². The van der Waals surface area contributed by atoms with Gasteiger partial charge in [-0.3, -0.25) is 4.79 Å². The number of H-pyrrole nitrogens is 1. The highest BCUT2D eigenvalue weighted by Crippen LogP contribution is 2.36. The minimum atomic E-state index is -4.64. The number of hydrogen-bond acceptors (Lipinski definition) is 6. The number of hydrogen-bond donors (Lipinski definition) is 1. The summed E-state index contributed by atoms with van der Waals surface area (Å²) in [6, 6.07) is 11.4. The number of rotatable bonds is 5. The van der Waals surface area contributed by atoms with Crippen molar-refractivity contribution in [1.29, 1.82) is 10.5 Å². The molecule has 1 aromatic carbocycles. The van der Waals surface area contributed by atoms with Crippen LogP contribution in [0.25, 0.3) is 11.1 Å². The van der Waals surface area contributed by atoms with Crippen LogP contribution in [0.5, 0.6) is 5.75 Å². The summed E-state index contributed by atoms with van der Waals surface area (Å²) >= 11 is 0.972. The van der Waals surface area contributed by atoms with Crippen molar-refractivity contribution in [3.05, 3.63) is 74.3 Å². The molecule has 3 rings (SSSR count).